The van der Waals surface area contributed by atoms with Crippen LogP contribution < -0.4 is 19.5 Å². The van der Waals surface area contributed by atoms with E-state index < -0.39 is 0 Å². The first-order valence-electron chi connectivity index (χ1n) is 7.29. The molecule has 0 saturated carbocycles. The van der Waals surface area contributed by atoms with Gasteiger partial charge in [-0.1, -0.05) is 6.92 Å². The van der Waals surface area contributed by atoms with E-state index in [4.69, 9.17) is 14.2 Å². The van der Waals surface area contributed by atoms with Gasteiger partial charge in [-0.3, -0.25) is 0 Å². The van der Waals surface area contributed by atoms with Crippen molar-refractivity contribution in [3.63, 3.8) is 0 Å². The second kappa shape index (κ2) is 6.84. The lowest BCUT2D eigenvalue weighted by Crippen LogP contribution is -2.35. The van der Waals surface area contributed by atoms with E-state index in [-0.39, 0.29) is 0 Å². The topological polar surface area (TPSA) is 39.7 Å². The van der Waals surface area contributed by atoms with Crippen LogP contribution in [-0.2, 0) is 12.8 Å². The molecule has 0 aromatic heterocycles. The Morgan fingerprint density at radius 2 is 1.90 bits per heavy atom. The molecule has 0 amide bonds. The van der Waals surface area contributed by atoms with Gasteiger partial charge in [-0.2, -0.15) is 0 Å². The predicted octanol–water partition coefficient (Wildman–Crippen LogP) is 2.57. The summed E-state index contributed by atoms with van der Waals surface area (Å²) in [7, 11) is 5.02. The van der Waals surface area contributed by atoms with E-state index >= 15 is 0 Å². The molecule has 1 atom stereocenters. The zero-order valence-electron chi connectivity index (χ0n) is 12.9. The van der Waals surface area contributed by atoms with E-state index in [0.717, 1.165) is 43.7 Å². The Morgan fingerprint density at radius 1 is 1.15 bits per heavy atom. The van der Waals surface area contributed by atoms with Crippen LogP contribution in [0.1, 0.15) is 30.9 Å². The third-order valence-electron chi connectivity index (χ3n) is 3.92. The van der Waals surface area contributed by atoms with Crippen molar-refractivity contribution < 1.29 is 14.2 Å². The lowest BCUT2D eigenvalue weighted by atomic mass is 9.87. The van der Waals surface area contributed by atoms with Crippen molar-refractivity contribution in [1.29, 1.82) is 0 Å². The maximum Gasteiger partial charge on any atom is 0.203 e. The van der Waals surface area contributed by atoms with Gasteiger partial charge in [0.2, 0.25) is 5.75 Å². The number of aryl methyl sites for hydroxylation is 1. The molecule has 0 saturated heterocycles. The molecule has 0 fully saturated rings. The van der Waals surface area contributed by atoms with Crippen LogP contribution in [0.5, 0.6) is 17.2 Å². The Morgan fingerprint density at radius 3 is 2.50 bits per heavy atom. The number of nitrogens with one attached hydrogen (secondary N) is 1. The van der Waals surface area contributed by atoms with Crippen molar-refractivity contribution in [2.75, 3.05) is 27.9 Å². The average molecular weight is 279 g/mol. The highest BCUT2D eigenvalue weighted by molar-refractivity contribution is 5.60. The minimum absolute atomic E-state index is 0.523. The van der Waals surface area contributed by atoms with E-state index in [1.807, 2.05) is 0 Å². The van der Waals surface area contributed by atoms with Gasteiger partial charge in [0.05, 0.1) is 21.3 Å². The van der Waals surface area contributed by atoms with Gasteiger partial charge in [-0.15, -0.1) is 0 Å². The first kappa shape index (κ1) is 15.0. The summed E-state index contributed by atoms with van der Waals surface area (Å²) in [5.74, 6) is 2.28. The standard InChI is InChI=1S/C16H25NO3/c1-5-8-17-12-7-6-11-9-14(18-2)16(20-4)15(19-3)13(11)10-12/h9,12,17H,5-8,10H2,1-4H3. The Hall–Kier alpha value is -1.42. The normalized spacial score (nSPS) is 17.5. The van der Waals surface area contributed by atoms with Crippen LogP contribution in [0.3, 0.4) is 0 Å². The third kappa shape index (κ3) is 2.85. The monoisotopic (exact) mass is 279 g/mol. The van der Waals surface area contributed by atoms with Crippen molar-refractivity contribution in [1.82, 2.24) is 5.32 Å². The maximum atomic E-state index is 5.60. The minimum Gasteiger partial charge on any atom is -0.493 e. The highest BCUT2D eigenvalue weighted by Crippen LogP contribution is 2.44. The summed E-state index contributed by atoms with van der Waals surface area (Å²) in [6, 6.07) is 2.61. The second-order valence-corrected chi connectivity index (χ2v) is 5.18. The van der Waals surface area contributed by atoms with E-state index in [0.29, 0.717) is 11.8 Å². The minimum atomic E-state index is 0.523. The highest BCUT2D eigenvalue weighted by Gasteiger charge is 2.26. The first-order chi connectivity index (χ1) is 9.74. The fraction of sp³-hybridized carbons (Fsp3) is 0.625. The third-order valence-corrected chi connectivity index (χ3v) is 3.92. The van der Waals surface area contributed by atoms with Crippen LogP contribution in [-0.4, -0.2) is 33.9 Å². The van der Waals surface area contributed by atoms with E-state index in [9.17, 15) is 0 Å². The van der Waals surface area contributed by atoms with Crippen molar-refractivity contribution in [3.05, 3.63) is 17.2 Å². The summed E-state index contributed by atoms with van der Waals surface area (Å²) in [6.07, 6.45) is 4.35. The largest absolute Gasteiger partial charge is 0.493 e. The molecular weight excluding hydrogens is 254 g/mol. The summed E-state index contributed by atoms with van der Waals surface area (Å²) < 4.78 is 16.5. The van der Waals surface area contributed by atoms with Gasteiger partial charge in [0, 0.05) is 11.6 Å². The zero-order chi connectivity index (χ0) is 14.5. The fourth-order valence-corrected chi connectivity index (χ4v) is 2.91. The molecule has 1 unspecified atom stereocenters. The van der Waals surface area contributed by atoms with Crippen molar-refractivity contribution in [2.45, 2.75) is 38.6 Å². The van der Waals surface area contributed by atoms with Crippen molar-refractivity contribution >= 4 is 0 Å². The van der Waals surface area contributed by atoms with Crippen LogP contribution in [0.15, 0.2) is 6.07 Å². The SMILES string of the molecule is CCCNC1CCc2cc(OC)c(OC)c(OC)c2C1. The molecule has 1 aromatic rings. The van der Waals surface area contributed by atoms with Gasteiger partial charge < -0.3 is 19.5 Å². The van der Waals surface area contributed by atoms with Gasteiger partial charge in [0.1, 0.15) is 0 Å². The molecule has 0 aliphatic heterocycles. The number of hydrogen-bond donors (Lipinski definition) is 1. The van der Waals surface area contributed by atoms with E-state index in [1.165, 1.54) is 11.1 Å². The summed E-state index contributed by atoms with van der Waals surface area (Å²) in [6.45, 7) is 3.26. The molecule has 2 rings (SSSR count). The lowest BCUT2D eigenvalue weighted by molar-refractivity contribution is 0.317. The molecule has 1 N–H and O–H groups in total. The van der Waals surface area contributed by atoms with Crippen LogP contribution in [0.2, 0.25) is 0 Å². The average Bonchev–Trinajstić information content (AvgIpc) is 2.50. The van der Waals surface area contributed by atoms with Gasteiger partial charge in [0.15, 0.2) is 11.5 Å². The van der Waals surface area contributed by atoms with Crippen LogP contribution in [0, 0.1) is 0 Å². The molecule has 112 valence electrons. The van der Waals surface area contributed by atoms with E-state index in [2.05, 4.69) is 18.3 Å². The smallest absolute Gasteiger partial charge is 0.203 e. The van der Waals surface area contributed by atoms with E-state index in [1.54, 1.807) is 21.3 Å². The van der Waals surface area contributed by atoms with Gasteiger partial charge in [-0.05, 0) is 43.9 Å². The summed E-state index contributed by atoms with van der Waals surface area (Å²) >= 11 is 0. The van der Waals surface area contributed by atoms with Crippen molar-refractivity contribution in [3.8, 4) is 17.2 Å². The zero-order valence-corrected chi connectivity index (χ0v) is 12.9. The Balaban J connectivity index is 2.34. The molecule has 0 radical (unpaired) electrons. The molecule has 1 aliphatic rings. The quantitative estimate of drug-likeness (QED) is 0.869. The predicted molar refractivity (Wildman–Crippen MR) is 80.2 cm³/mol. The summed E-state index contributed by atoms with van der Waals surface area (Å²) in [4.78, 5) is 0. The number of fused-ring (bicyclic) bond motifs is 1. The first-order valence-corrected chi connectivity index (χ1v) is 7.29. The lowest BCUT2D eigenvalue weighted by Gasteiger charge is -2.28. The molecule has 20 heavy (non-hydrogen) atoms. The maximum absolute atomic E-state index is 5.60. The number of rotatable bonds is 6. The second-order valence-electron chi connectivity index (χ2n) is 5.18. The van der Waals surface area contributed by atoms with Gasteiger partial charge in [0.25, 0.3) is 0 Å². The van der Waals surface area contributed by atoms with Crippen LogP contribution in [0.25, 0.3) is 0 Å². The summed E-state index contributed by atoms with van der Waals surface area (Å²) in [5.41, 5.74) is 2.57. The number of methoxy groups -OCH3 is 3. The molecule has 4 nitrogen and oxygen atoms in total. The van der Waals surface area contributed by atoms with Crippen LogP contribution in [0.4, 0.5) is 0 Å². The summed E-state index contributed by atoms with van der Waals surface area (Å²) in [5, 5.41) is 3.60. The highest BCUT2D eigenvalue weighted by atomic mass is 16.5. The number of hydrogen-bond acceptors (Lipinski definition) is 4. The molecule has 4 heteroatoms. The molecule has 0 spiro atoms. The Bertz CT molecular complexity index is 460. The number of ether oxygens (including phenoxy) is 3. The molecule has 0 bridgehead atoms. The van der Waals surface area contributed by atoms with Gasteiger partial charge in [-0.25, -0.2) is 0 Å². The van der Waals surface area contributed by atoms with Crippen molar-refractivity contribution in [2.24, 2.45) is 0 Å². The number of benzene rings is 1. The van der Waals surface area contributed by atoms with Crippen LogP contribution >= 0.6 is 0 Å². The molecule has 1 aliphatic carbocycles. The molecule has 1 aromatic carbocycles. The fourth-order valence-electron chi connectivity index (χ4n) is 2.91. The van der Waals surface area contributed by atoms with Gasteiger partial charge >= 0.3 is 0 Å². The Kier molecular flexibility index (Phi) is 5.12. The Labute approximate surface area is 121 Å². The molecular formula is C16H25NO3. The molecule has 0 heterocycles.